The molecule has 5 nitrogen and oxygen atoms in total. The zero-order valence-electron chi connectivity index (χ0n) is 5.34. The Kier molecular flexibility index (Phi) is 1.73. The Labute approximate surface area is 59.7 Å². The van der Waals surface area contributed by atoms with Crippen LogP contribution in [0, 0.1) is 4.91 Å². The molecule has 0 aromatic rings. The minimum absolute atomic E-state index is 0.958. The normalized spacial score (nSPS) is 35.4. The van der Waals surface area contributed by atoms with Crippen molar-refractivity contribution in [1.29, 1.82) is 0 Å². The summed E-state index contributed by atoms with van der Waals surface area (Å²) in [5.41, 5.74) is 1.31. The smallest absolute Gasteiger partial charge is 0.0885 e. The number of hydrogen-bond donors (Lipinski definition) is 1. The van der Waals surface area contributed by atoms with Crippen molar-refractivity contribution in [2.75, 3.05) is 7.05 Å². The van der Waals surface area contributed by atoms with Crippen LogP contribution in [0.2, 0.25) is 0 Å². The first kappa shape index (κ1) is 7.23. The van der Waals surface area contributed by atoms with Crippen molar-refractivity contribution < 1.29 is 4.55 Å². The summed E-state index contributed by atoms with van der Waals surface area (Å²) in [6.45, 7) is 0. The molecule has 1 rings (SSSR count). The number of hydrogen-bond acceptors (Lipinski definition) is 4. The minimum Gasteiger partial charge on any atom is -0.324 e. The van der Waals surface area contributed by atoms with Crippen molar-refractivity contribution >= 4 is 16.0 Å². The minimum atomic E-state index is -2.25. The average molecular weight is 161 g/mol. The van der Waals surface area contributed by atoms with Crippen LogP contribution in [0.15, 0.2) is 21.9 Å². The summed E-state index contributed by atoms with van der Waals surface area (Å²) in [5.74, 6) is 0. The van der Waals surface area contributed by atoms with Crippen LogP contribution in [0.3, 0.4) is 0 Å². The Morgan fingerprint density at radius 3 is 2.90 bits per heavy atom. The maximum Gasteiger partial charge on any atom is 0.0885 e. The first-order valence-electron chi connectivity index (χ1n) is 2.52. The van der Waals surface area contributed by atoms with Crippen LogP contribution in [0.4, 0.5) is 0 Å². The lowest BCUT2D eigenvalue weighted by Gasteiger charge is -2.27. The monoisotopic (exact) mass is 161 g/mol. The molecule has 1 N–H and O–H groups in total. The van der Waals surface area contributed by atoms with Crippen molar-refractivity contribution in [2.45, 2.75) is 0 Å². The van der Waals surface area contributed by atoms with E-state index in [2.05, 4.69) is 10.3 Å². The van der Waals surface area contributed by atoms with Gasteiger partial charge < -0.3 is 4.55 Å². The molecule has 0 spiro atoms. The maximum absolute atomic E-state index is 9.94. The summed E-state index contributed by atoms with van der Waals surface area (Å²) in [6.07, 6.45) is 1.44. The van der Waals surface area contributed by atoms with Gasteiger partial charge >= 0.3 is 0 Å². The van der Waals surface area contributed by atoms with Crippen molar-refractivity contribution in [1.82, 2.24) is 4.41 Å². The lowest BCUT2D eigenvalue weighted by Crippen LogP contribution is -2.14. The van der Waals surface area contributed by atoms with E-state index in [0.29, 0.717) is 0 Å². The zero-order chi connectivity index (χ0) is 7.61. The Balaban J connectivity index is 2.78. The quantitative estimate of drug-likeness (QED) is 0.490. The van der Waals surface area contributed by atoms with Crippen LogP contribution in [0.1, 0.15) is 0 Å². The number of nitrogens with zero attached hydrogens (tertiary/aromatic N) is 3. The van der Waals surface area contributed by atoms with Crippen molar-refractivity contribution in [2.24, 2.45) is 10.3 Å². The maximum atomic E-state index is 9.94. The van der Waals surface area contributed by atoms with Crippen LogP contribution in [-0.2, 0) is 0 Å². The molecule has 1 atom stereocenters. The molecule has 0 fully saturated rings. The Bertz CT molecular complexity index is 191. The van der Waals surface area contributed by atoms with Gasteiger partial charge in [-0.25, -0.2) is 0 Å². The van der Waals surface area contributed by atoms with Gasteiger partial charge in [-0.15, -0.1) is 4.91 Å². The van der Waals surface area contributed by atoms with Gasteiger partial charge in [0.25, 0.3) is 0 Å². The van der Waals surface area contributed by atoms with Gasteiger partial charge in [0.15, 0.2) is 0 Å². The van der Waals surface area contributed by atoms with Crippen molar-refractivity contribution in [3.63, 3.8) is 0 Å². The SMILES string of the molecule is CN(N=O)S1(O)C=CN=C1. The largest absolute Gasteiger partial charge is 0.324 e. The number of aliphatic imine (C=N–C) groups is 1. The summed E-state index contributed by atoms with van der Waals surface area (Å²) < 4.78 is 10.4. The lowest BCUT2D eigenvalue weighted by atomic mass is 11.1. The summed E-state index contributed by atoms with van der Waals surface area (Å²) in [4.78, 5) is 13.6. The van der Waals surface area contributed by atoms with Gasteiger partial charge in [-0.05, 0) is 0 Å². The van der Waals surface area contributed by atoms with Gasteiger partial charge in [0.1, 0.15) is 0 Å². The van der Waals surface area contributed by atoms with Gasteiger partial charge in [0, 0.05) is 29.2 Å². The predicted octanol–water partition coefficient (Wildman–Crippen LogP) is 1.31. The van der Waals surface area contributed by atoms with E-state index >= 15 is 0 Å². The standard InChI is InChI=1S/C4H7N3O2S/c1-7(6-8)10(9)3-2-5-4-10/h2-4,9H,1H3. The van der Waals surface area contributed by atoms with Crippen molar-refractivity contribution in [3.8, 4) is 0 Å². The molecule has 0 aromatic heterocycles. The van der Waals surface area contributed by atoms with Gasteiger partial charge in [-0.2, -0.15) is 4.41 Å². The van der Waals surface area contributed by atoms with Gasteiger partial charge in [-0.1, -0.05) is 0 Å². The van der Waals surface area contributed by atoms with Crippen LogP contribution in [-0.4, -0.2) is 21.6 Å². The third-order valence-corrected chi connectivity index (χ3v) is 2.97. The first-order chi connectivity index (χ1) is 4.69. The fourth-order valence-electron chi connectivity index (χ4n) is 0.494. The Hall–Kier alpha value is -0.880. The molecule has 1 unspecified atom stereocenters. The lowest BCUT2D eigenvalue weighted by molar-refractivity contribution is 0.514. The highest BCUT2D eigenvalue weighted by Gasteiger charge is 2.23. The second-order valence-electron chi connectivity index (χ2n) is 1.72. The van der Waals surface area contributed by atoms with Gasteiger partial charge in [0.05, 0.1) is 10.8 Å². The van der Waals surface area contributed by atoms with Crippen LogP contribution < -0.4 is 0 Å². The fraction of sp³-hybridized carbons (Fsp3) is 0.250. The molecule has 10 heavy (non-hydrogen) atoms. The van der Waals surface area contributed by atoms with E-state index in [4.69, 9.17) is 0 Å². The molecule has 1 aliphatic heterocycles. The molecule has 0 saturated heterocycles. The van der Waals surface area contributed by atoms with Crippen molar-refractivity contribution in [3.05, 3.63) is 16.5 Å². The molecule has 0 radical (unpaired) electrons. The molecule has 1 heterocycles. The van der Waals surface area contributed by atoms with Crippen LogP contribution in [0.5, 0.6) is 0 Å². The summed E-state index contributed by atoms with van der Waals surface area (Å²) >= 11 is 0. The second-order valence-corrected chi connectivity index (χ2v) is 4.02. The van der Waals surface area contributed by atoms with Gasteiger partial charge in [0.2, 0.25) is 0 Å². The average Bonchev–Trinajstić information content (AvgIpc) is 2.36. The predicted molar refractivity (Wildman–Crippen MR) is 41.4 cm³/mol. The molecule has 56 valence electrons. The van der Waals surface area contributed by atoms with E-state index in [-0.39, 0.29) is 0 Å². The second kappa shape index (κ2) is 2.39. The summed E-state index contributed by atoms with van der Waals surface area (Å²) in [6, 6.07) is 0. The Morgan fingerprint density at radius 2 is 2.50 bits per heavy atom. The number of rotatable bonds is 2. The third kappa shape index (κ3) is 1.03. The fourth-order valence-corrected chi connectivity index (χ4v) is 1.48. The number of nitroso groups, excluding NO2 is 1. The van der Waals surface area contributed by atoms with E-state index in [1.54, 1.807) is 0 Å². The molecule has 0 aromatic carbocycles. The highest BCUT2D eigenvalue weighted by atomic mass is 32.3. The third-order valence-electron chi connectivity index (χ3n) is 1.10. The highest BCUT2D eigenvalue weighted by Crippen LogP contribution is 2.47. The van der Waals surface area contributed by atoms with Crippen LogP contribution >= 0.6 is 10.5 Å². The molecule has 0 amide bonds. The molecule has 0 aliphatic carbocycles. The Morgan fingerprint density at radius 1 is 1.80 bits per heavy atom. The molecule has 1 aliphatic rings. The first-order valence-corrected chi connectivity index (χ1v) is 4.19. The molecular formula is C4H7N3O2S. The van der Waals surface area contributed by atoms with E-state index in [9.17, 15) is 9.46 Å². The van der Waals surface area contributed by atoms with E-state index in [0.717, 1.165) is 4.41 Å². The van der Waals surface area contributed by atoms with Crippen LogP contribution in [0.25, 0.3) is 0 Å². The van der Waals surface area contributed by atoms with E-state index in [1.165, 1.54) is 24.2 Å². The van der Waals surface area contributed by atoms with E-state index < -0.39 is 10.5 Å². The molecular weight excluding hydrogens is 154 g/mol. The molecule has 6 heteroatoms. The van der Waals surface area contributed by atoms with Gasteiger partial charge in [-0.3, -0.25) is 4.99 Å². The summed E-state index contributed by atoms with van der Waals surface area (Å²) in [7, 11) is -0.844. The summed E-state index contributed by atoms with van der Waals surface area (Å²) in [5, 5.41) is 4.02. The van der Waals surface area contributed by atoms with E-state index in [1.807, 2.05) is 0 Å². The molecule has 0 saturated carbocycles. The molecule has 0 bridgehead atoms. The highest BCUT2D eigenvalue weighted by molar-refractivity contribution is 8.40. The zero-order valence-corrected chi connectivity index (χ0v) is 6.15. The topological polar surface area (TPSA) is 65.3 Å².